The number of aromatic nitrogens is 3. The summed E-state index contributed by atoms with van der Waals surface area (Å²) in [5.74, 6) is 2.15. The van der Waals surface area contributed by atoms with Gasteiger partial charge in [0.05, 0.1) is 18.8 Å². The Bertz CT molecular complexity index is 853. The van der Waals surface area contributed by atoms with E-state index in [2.05, 4.69) is 52.7 Å². The van der Waals surface area contributed by atoms with Crippen molar-refractivity contribution in [2.24, 2.45) is 0 Å². The molecule has 0 amide bonds. The molecule has 29 heavy (non-hydrogen) atoms. The lowest BCUT2D eigenvalue weighted by Crippen LogP contribution is -2.32. The quantitative estimate of drug-likeness (QED) is 0.537. The van der Waals surface area contributed by atoms with Crippen molar-refractivity contribution in [3.8, 4) is 0 Å². The summed E-state index contributed by atoms with van der Waals surface area (Å²) in [6.07, 6.45) is 2.20. The third-order valence-corrected chi connectivity index (χ3v) is 5.35. The second-order valence-electron chi connectivity index (χ2n) is 8.00. The summed E-state index contributed by atoms with van der Waals surface area (Å²) in [6, 6.07) is 2.29. The number of hydrogen-bond acceptors (Lipinski definition) is 8. The van der Waals surface area contributed by atoms with Gasteiger partial charge in [-0.1, -0.05) is 6.92 Å². The molecule has 0 saturated carbocycles. The van der Waals surface area contributed by atoms with Gasteiger partial charge in [0.15, 0.2) is 11.6 Å². The molecular weight excluding hydrogens is 366 g/mol. The maximum Gasteiger partial charge on any atom is 0.227 e. The topological polar surface area (TPSA) is 98.2 Å². The number of fused-ring (bicyclic) bond motifs is 1. The summed E-state index contributed by atoms with van der Waals surface area (Å²) < 4.78 is 0. The van der Waals surface area contributed by atoms with Crippen LogP contribution in [0.1, 0.15) is 50.9 Å². The largest absolute Gasteiger partial charge is 0.391 e. The normalized spacial score (nSPS) is 15.1. The van der Waals surface area contributed by atoms with Crippen LogP contribution < -0.4 is 20.9 Å². The summed E-state index contributed by atoms with van der Waals surface area (Å²) in [6.45, 7) is 13.5. The molecule has 2 aromatic rings. The van der Waals surface area contributed by atoms with Crippen molar-refractivity contribution >= 4 is 23.3 Å². The van der Waals surface area contributed by atoms with Gasteiger partial charge in [-0.05, 0) is 58.2 Å². The van der Waals surface area contributed by atoms with E-state index in [0.717, 1.165) is 35.0 Å². The van der Waals surface area contributed by atoms with Crippen LogP contribution in [0.15, 0.2) is 12.3 Å². The second-order valence-corrected chi connectivity index (χ2v) is 8.00. The molecule has 2 aromatic heterocycles. The predicted octanol–water partition coefficient (Wildman–Crippen LogP) is 3.27. The zero-order chi connectivity index (χ0) is 21.1. The van der Waals surface area contributed by atoms with Gasteiger partial charge in [-0.3, -0.25) is 4.98 Å². The molecule has 0 radical (unpaired) electrons. The lowest BCUT2D eigenvalue weighted by molar-refractivity contribution is 0.169. The van der Waals surface area contributed by atoms with Gasteiger partial charge in [-0.25, -0.2) is 0 Å². The Labute approximate surface area is 173 Å². The van der Waals surface area contributed by atoms with E-state index < -0.39 is 6.10 Å². The van der Waals surface area contributed by atoms with Gasteiger partial charge in [-0.15, -0.1) is 0 Å². The van der Waals surface area contributed by atoms with Crippen molar-refractivity contribution < 1.29 is 5.11 Å². The van der Waals surface area contributed by atoms with Gasteiger partial charge in [0.2, 0.25) is 5.95 Å². The average Bonchev–Trinajstić information content (AvgIpc) is 3.09. The molecule has 0 fully saturated rings. The first-order valence-electron chi connectivity index (χ1n) is 10.3. The third-order valence-electron chi connectivity index (χ3n) is 5.35. The highest BCUT2D eigenvalue weighted by Gasteiger charge is 2.28. The number of aliphatic hydroxyl groups is 1. The average molecular weight is 400 g/mol. The molecule has 4 N–H and O–H groups in total. The molecule has 1 aliphatic rings. The Morgan fingerprint density at radius 1 is 1.24 bits per heavy atom. The van der Waals surface area contributed by atoms with Crippen LogP contribution in [0.3, 0.4) is 0 Å². The van der Waals surface area contributed by atoms with Crippen LogP contribution >= 0.6 is 0 Å². The maximum absolute atomic E-state index is 10.0. The molecule has 0 aliphatic carbocycles. The second kappa shape index (κ2) is 8.82. The van der Waals surface area contributed by atoms with Gasteiger partial charge in [0, 0.05) is 24.5 Å². The minimum Gasteiger partial charge on any atom is -0.391 e. The van der Waals surface area contributed by atoms with E-state index in [0.29, 0.717) is 25.2 Å². The number of aryl methyl sites for hydroxylation is 2. The van der Waals surface area contributed by atoms with Crippen LogP contribution in [0.5, 0.6) is 0 Å². The maximum atomic E-state index is 10.0. The molecule has 158 valence electrons. The first-order valence-corrected chi connectivity index (χ1v) is 10.3. The molecule has 0 saturated heterocycles. The zero-order valence-corrected chi connectivity index (χ0v) is 18.2. The highest BCUT2D eigenvalue weighted by atomic mass is 16.3. The van der Waals surface area contributed by atoms with Crippen molar-refractivity contribution in [2.45, 2.75) is 72.7 Å². The monoisotopic (exact) mass is 399 g/mol. The third kappa shape index (κ3) is 4.70. The summed E-state index contributed by atoms with van der Waals surface area (Å²) >= 11 is 0. The molecule has 0 spiro atoms. The van der Waals surface area contributed by atoms with Crippen LogP contribution in [0.25, 0.3) is 0 Å². The van der Waals surface area contributed by atoms with Crippen molar-refractivity contribution in [1.29, 1.82) is 0 Å². The van der Waals surface area contributed by atoms with E-state index >= 15 is 0 Å². The molecular formula is C21H33N7O. The summed E-state index contributed by atoms with van der Waals surface area (Å²) in [5.41, 5.74) is 4.25. The number of aliphatic hydroxyl groups excluding tert-OH is 1. The van der Waals surface area contributed by atoms with Crippen molar-refractivity contribution in [1.82, 2.24) is 15.0 Å². The van der Waals surface area contributed by atoms with E-state index in [-0.39, 0.29) is 6.04 Å². The van der Waals surface area contributed by atoms with E-state index in [1.807, 2.05) is 20.0 Å². The number of anilines is 4. The Morgan fingerprint density at radius 3 is 2.62 bits per heavy atom. The van der Waals surface area contributed by atoms with Gasteiger partial charge >= 0.3 is 0 Å². The fraction of sp³-hybridized carbons (Fsp3) is 0.571. The first kappa shape index (κ1) is 21.1. The summed E-state index contributed by atoms with van der Waals surface area (Å²) in [4.78, 5) is 16.1. The van der Waals surface area contributed by atoms with Crippen molar-refractivity contribution in [2.75, 3.05) is 27.5 Å². The van der Waals surface area contributed by atoms with Crippen LogP contribution in [0, 0.1) is 13.8 Å². The number of nitrogens with zero attached hydrogens (tertiary/aromatic N) is 4. The molecule has 0 bridgehead atoms. The SMILES string of the molecule is CC[C@H](Nc1nc(NCc2cnc(C)cc2C)c2c(n1)N(C(C)C)CN2)[C@@H](C)O. The first-order chi connectivity index (χ1) is 13.8. The molecule has 2 atom stereocenters. The number of hydrogen-bond donors (Lipinski definition) is 4. The van der Waals surface area contributed by atoms with Crippen molar-refractivity contribution in [3.05, 3.63) is 29.1 Å². The Balaban J connectivity index is 1.91. The van der Waals surface area contributed by atoms with Crippen LogP contribution in [0.4, 0.5) is 23.3 Å². The fourth-order valence-electron chi connectivity index (χ4n) is 3.50. The molecule has 8 nitrogen and oxygen atoms in total. The lowest BCUT2D eigenvalue weighted by Gasteiger charge is -2.24. The summed E-state index contributed by atoms with van der Waals surface area (Å²) in [7, 11) is 0. The smallest absolute Gasteiger partial charge is 0.227 e. The molecule has 1 aliphatic heterocycles. The van der Waals surface area contributed by atoms with E-state index in [4.69, 9.17) is 9.97 Å². The molecule has 0 unspecified atom stereocenters. The Hall–Kier alpha value is -2.61. The zero-order valence-electron chi connectivity index (χ0n) is 18.2. The van der Waals surface area contributed by atoms with Gasteiger partial charge < -0.3 is 26.0 Å². The number of rotatable bonds is 8. The Kier molecular flexibility index (Phi) is 6.42. The van der Waals surface area contributed by atoms with Gasteiger partial charge in [-0.2, -0.15) is 9.97 Å². The molecule has 3 heterocycles. The minimum atomic E-state index is -0.492. The van der Waals surface area contributed by atoms with Gasteiger partial charge in [0.25, 0.3) is 0 Å². The minimum absolute atomic E-state index is 0.105. The number of pyridine rings is 1. The fourth-order valence-corrected chi connectivity index (χ4v) is 3.50. The summed E-state index contributed by atoms with van der Waals surface area (Å²) in [5, 5.41) is 20.2. The van der Waals surface area contributed by atoms with Crippen LogP contribution in [-0.2, 0) is 6.54 Å². The van der Waals surface area contributed by atoms with Crippen LogP contribution in [-0.4, -0.2) is 44.9 Å². The Morgan fingerprint density at radius 2 is 2.00 bits per heavy atom. The lowest BCUT2D eigenvalue weighted by atomic mass is 10.1. The highest BCUT2D eigenvalue weighted by Crippen LogP contribution is 2.37. The standard InChI is InChI=1S/C21H33N7O/c1-7-17(15(6)29)25-21-26-19(18-20(27-21)28(11-24-18)12(2)3)23-10-16-9-22-14(5)8-13(16)4/h8-9,12,15,17,24,29H,7,10-11H2,1-6H3,(H2,23,25,26,27)/t15-,17+/m1/s1. The van der Waals surface area contributed by atoms with E-state index in [9.17, 15) is 5.11 Å². The number of nitrogens with one attached hydrogen (secondary N) is 3. The molecule has 0 aromatic carbocycles. The van der Waals surface area contributed by atoms with E-state index in [1.165, 1.54) is 5.56 Å². The predicted molar refractivity (Wildman–Crippen MR) is 119 cm³/mol. The van der Waals surface area contributed by atoms with Crippen molar-refractivity contribution in [3.63, 3.8) is 0 Å². The molecule has 8 heteroatoms. The highest BCUT2D eigenvalue weighted by molar-refractivity contribution is 5.83. The van der Waals surface area contributed by atoms with E-state index in [1.54, 1.807) is 6.92 Å². The molecule has 3 rings (SSSR count). The van der Waals surface area contributed by atoms with Crippen LogP contribution in [0.2, 0.25) is 0 Å². The van der Waals surface area contributed by atoms with Gasteiger partial charge in [0.1, 0.15) is 5.69 Å².